The third-order valence-electron chi connectivity index (χ3n) is 2.18. The Morgan fingerprint density at radius 1 is 1.29 bits per heavy atom. The molecular weight excluding hydrogens is 180 g/mol. The number of phenolic OH excluding ortho intramolecular Hbond substituents is 1. The molecule has 3 heteroatoms. The van der Waals surface area contributed by atoms with Gasteiger partial charge in [-0.1, -0.05) is 0 Å². The van der Waals surface area contributed by atoms with Crippen LogP contribution in [0.25, 0.3) is 0 Å². The summed E-state index contributed by atoms with van der Waals surface area (Å²) >= 11 is 0. The van der Waals surface area contributed by atoms with Gasteiger partial charge >= 0.3 is 0 Å². The quantitative estimate of drug-likeness (QED) is 0.760. The molecule has 0 heterocycles. The Bertz CT molecular complexity index is 337. The predicted molar refractivity (Wildman–Crippen MR) is 54.6 cm³/mol. The number of hydrogen-bond donors (Lipinski definition) is 2. The summed E-state index contributed by atoms with van der Waals surface area (Å²) in [5.41, 5.74) is 0.300. The Balaban J connectivity index is 3.35. The summed E-state index contributed by atoms with van der Waals surface area (Å²) in [6.07, 6.45) is 0. The van der Waals surface area contributed by atoms with Gasteiger partial charge in [-0.2, -0.15) is 0 Å². The van der Waals surface area contributed by atoms with E-state index < -0.39 is 5.60 Å². The van der Waals surface area contributed by atoms with E-state index in [-0.39, 0.29) is 5.75 Å². The monoisotopic (exact) mass is 196 g/mol. The molecule has 0 aliphatic heterocycles. The van der Waals surface area contributed by atoms with Gasteiger partial charge in [-0.15, -0.1) is 0 Å². The van der Waals surface area contributed by atoms with Crippen molar-refractivity contribution in [2.75, 3.05) is 7.11 Å². The lowest BCUT2D eigenvalue weighted by Gasteiger charge is -2.21. The van der Waals surface area contributed by atoms with E-state index >= 15 is 0 Å². The molecule has 0 amide bonds. The van der Waals surface area contributed by atoms with Gasteiger partial charge in [0.15, 0.2) is 0 Å². The van der Waals surface area contributed by atoms with Crippen LogP contribution in [0, 0.1) is 6.92 Å². The van der Waals surface area contributed by atoms with Crippen LogP contribution in [0.4, 0.5) is 0 Å². The van der Waals surface area contributed by atoms with Crippen molar-refractivity contribution in [1.82, 2.24) is 0 Å². The number of aliphatic hydroxyl groups is 1. The maximum atomic E-state index is 9.83. The van der Waals surface area contributed by atoms with Gasteiger partial charge in [0.25, 0.3) is 0 Å². The number of benzene rings is 1. The van der Waals surface area contributed by atoms with Crippen molar-refractivity contribution in [3.05, 3.63) is 23.3 Å². The van der Waals surface area contributed by atoms with E-state index in [0.717, 1.165) is 5.56 Å². The summed E-state index contributed by atoms with van der Waals surface area (Å²) in [5, 5.41) is 19.3. The smallest absolute Gasteiger partial charge is 0.125 e. The second-order valence-electron chi connectivity index (χ2n) is 3.90. The van der Waals surface area contributed by atoms with Gasteiger partial charge in [0.05, 0.1) is 12.7 Å². The SMILES string of the molecule is COc1cc(C)c(O)cc1C(C)(C)O. The molecule has 0 radical (unpaired) electrons. The molecule has 14 heavy (non-hydrogen) atoms. The highest BCUT2D eigenvalue weighted by Crippen LogP contribution is 2.34. The van der Waals surface area contributed by atoms with Crippen LogP contribution < -0.4 is 4.74 Å². The van der Waals surface area contributed by atoms with Gasteiger partial charge in [0.1, 0.15) is 11.5 Å². The minimum atomic E-state index is -1.02. The maximum Gasteiger partial charge on any atom is 0.125 e. The summed E-state index contributed by atoms with van der Waals surface area (Å²) < 4.78 is 5.14. The van der Waals surface area contributed by atoms with Crippen LogP contribution >= 0.6 is 0 Å². The summed E-state index contributed by atoms with van der Waals surface area (Å²) in [6, 6.07) is 3.25. The zero-order valence-electron chi connectivity index (χ0n) is 8.96. The summed E-state index contributed by atoms with van der Waals surface area (Å²) in [6.45, 7) is 5.09. The first-order valence-corrected chi connectivity index (χ1v) is 4.46. The van der Waals surface area contributed by atoms with Gasteiger partial charge in [-0.05, 0) is 38.5 Å². The zero-order valence-corrected chi connectivity index (χ0v) is 8.96. The van der Waals surface area contributed by atoms with E-state index in [1.165, 1.54) is 6.07 Å². The lowest BCUT2D eigenvalue weighted by Crippen LogP contribution is -2.16. The number of aromatic hydroxyl groups is 1. The van der Waals surface area contributed by atoms with Crippen LogP contribution in [0.3, 0.4) is 0 Å². The summed E-state index contributed by atoms with van der Waals surface area (Å²) in [5.74, 6) is 0.760. The fourth-order valence-corrected chi connectivity index (χ4v) is 1.32. The van der Waals surface area contributed by atoms with Crippen LogP contribution in [0.15, 0.2) is 12.1 Å². The molecule has 2 N–H and O–H groups in total. The number of hydrogen-bond acceptors (Lipinski definition) is 3. The van der Waals surface area contributed by atoms with Crippen molar-refractivity contribution in [2.45, 2.75) is 26.4 Å². The van der Waals surface area contributed by atoms with Crippen LogP contribution in [-0.4, -0.2) is 17.3 Å². The first-order chi connectivity index (χ1) is 6.36. The van der Waals surface area contributed by atoms with Crippen molar-refractivity contribution in [3.8, 4) is 11.5 Å². The number of methoxy groups -OCH3 is 1. The maximum absolute atomic E-state index is 9.83. The summed E-state index contributed by atoms with van der Waals surface area (Å²) in [7, 11) is 1.54. The molecule has 0 aliphatic carbocycles. The third kappa shape index (κ3) is 1.99. The van der Waals surface area contributed by atoms with Gasteiger partial charge in [-0.3, -0.25) is 0 Å². The first-order valence-electron chi connectivity index (χ1n) is 4.46. The molecule has 0 saturated heterocycles. The average molecular weight is 196 g/mol. The van der Waals surface area contributed by atoms with Crippen molar-refractivity contribution in [2.24, 2.45) is 0 Å². The molecule has 0 aliphatic rings. The van der Waals surface area contributed by atoms with Crippen LogP contribution in [0.5, 0.6) is 11.5 Å². The van der Waals surface area contributed by atoms with E-state index in [0.29, 0.717) is 11.3 Å². The highest BCUT2D eigenvalue weighted by Gasteiger charge is 2.22. The third-order valence-corrected chi connectivity index (χ3v) is 2.18. The highest BCUT2D eigenvalue weighted by molar-refractivity contribution is 5.47. The van der Waals surface area contributed by atoms with Gasteiger partial charge in [0, 0.05) is 5.56 Å². The molecule has 3 nitrogen and oxygen atoms in total. The lowest BCUT2D eigenvalue weighted by molar-refractivity contribution is 0.0753. The van der Waals surface area contributed by atoms with Crippen molar-refractivity contribution in [1.29, 1.82) is 0 Å². The van der Waals surface area contributed by atoms with Crippen molar-refractivity contribution in [3.63, 3.8) is 0 Å². The van der Waals surface area contributed by atoms with E-state index in [9.17, 15) is 10.2 Å². The molecule has 0 spiro atoms. The zero-order chi connectivity index (χ0) is 10.9. The Labute approximate surface area is 84.0 Å². The molecular formula is C11H16O3. The Hall–Kier alpha value is -1.22. The normalized spacial score (nSPS) is 11.5. The van der Waals surface area contributed by atoms with Gasteiger partial charge in [-0.25, -0.2) is 0 Å². The van der Waals surface area contributed by atoms with Gasteiger partial charge < -0.3 is 14.9 Å². The number of rotatable bonds is 2. The molecule has 78 valence electrons. The number of phenols is 1. The fraction of sp³-hybridized carbons (Fsp3) is 0.455. The van der Waals surface area contributed by atoms with Crippen molar-refractivity contribution >= 4 is 0 Å². The first kappa shape index (κ1) is 10.9. The minimum Gasteiger partial charge on any atom is -0.508 e. The van der Waals surface area contributed by atoms with Crippen LogP contribution in [0.2, 0.25) is 0 Å². The Morgan fingerprint density at radius 3 is 2.29 bits per heavy atom. The summed E-state index contributed by atoms with van der Waals surface area (Å²) in [4.78, 5) is 0. The lowest BCUT2D eigenvalue weighted by atomic mass is 9.95. The van der Waals surface area contributed by atoms with Crippen LogP contribution in [0.1, 0.15) is 25.0 Å². The van der Waals surface area contributed by atoms with E-state index in [4.69, 9.17) is 4.74 Å². The molecule has 0 bridgehead atoms. The van der Waals surface area contributed by atoms with E-state index in [2.05, 4.69) is 0 Å². The largest absolute Gasteiger partial charge is 0.508 e. The minimum absolute atomic E-state index is 0.169. The molecule has 0 fully saturated rings. The Kier molecular flexibility index (Phi) is 2.71. The molecule has 1 aromatic rings. The number of aryl methyl sites for hydroxylation is 1. The molecule has 1 rings (SSSR count). The van der Waals surface area contributed by atoms with E-state index in [1.807, 2.05) is 0 Å². The average Bonchev–Trinajstić information content (AvgIpc) is 2.07. The molecule has 0 aromatic heterocycles. The molecule has 1 aromatic carbocycles. The molecule has 0 atom stereocenters. The van der Waals surface area contributed by atoms with Crippen LogP contribution in [-0.2, 0) is 5.60 Å². The predicted octanol–water partition coefficient (Wildman–Crippen LogP) is 1.94. The second-order valence-corrected chi connectivity index (χ2v) is 3.90. The van der Waals surface area contributed by atoms with Gasteiger partial charge in [0.2, 0.25) is 0 Å². The molecule has 0 saturated carbocycles. The highest BCUT2D eigenvalue weighted by atomic mass is 16.5. The number of ether oxygens (including phenoxy) is 1. The second kappa shape index (κ2) is 3.50. The van der Waals surface area contributed by atoms with E-state index in [1.54, 1.807) is 33.9 Å². The Morgan fingerprint density at radius 2 is 1.86 bits per heavy atom. The standard InChI is InChI=1S/C11H16O3/c1-7-5-10(14-4)8(6-9(7)12)11(2,3)13/h5-6,12-13H,1-4H3. The fourth-order valence-electron chi connectivity index (χ4n) is 1.32. The van der Waals surface area contributed by atoms with Crippen molar-refractivity contribution < 1.29 is 14.9 Å². The topological polar surface area (TPSA) is 49.7 Å². The molecule has 0 unspecified atom stereocenters.